The molecule has 1 heterocycles. The largest absolute Gasteiger partial charge is 0.481 e. The van der Waals surface area contributed by atoms with Crippen molar-refractivity contribution in [2.24, 2.45) is 0 Å². The second kappa shape index (κ2) is 7.99. The molecular formula is C18H24N4O4. The Balaban J connectivity index is 1.85. The van der Waals surface area contributed by atoms with Crippen LogP contribution in [0.2, 0.25) is 0 Å². The Morgan fingerprint density at radius 2 is 1.92 bits per heavy atom. The van der Waals surface area contributed by atoms with Crippen LogP contribution in [0.15, 0.2) is 30.5 Å². The Morgan fingerprint density at radius 1 is 1.27 bits per heavy atom. The molecule has 1 atom stereocenters. The van der Waals surface area contributed by atoms with E-state index in [-0.39, 0.29) is 24.4 Å². The van der Waals surface area contributed by atoms with Crippen LogP contribution in [-0.4, -0.2) is 38.1 Å². The van der Waals surface area contributed by atoms with E-state index in [1.807, 2.05) is 24.3 Å². The van der Waals surface area contributed by atoms with Gasteiger partial charge in [-0.1, -0.05) is 38.1 Å². The molecule has 140 valence electrons. The second-order valence-electron chi connectivity index (χ2n) is 7.05. The number of hydrogen-bond donors (Lipinski definition) is 2. The summed E-state index contributed by atoms with van der Waals surface area (Å²) < 4.78 is 6.85. The summed E-state index contributed by atoms with van der Waals surface area (Å²) in [5.41, 5.74) is 1.72. The van der Waals surface area contributed by atoms with Gasteiger partial charge in [-0.3, -0.25) is 9.59 Å². The van der Waals surface area contributed by atoms with Crippen molar-refractivity contribution in [3.63, 3.8) is 0 Å². The van der Waals surface area contributed by atoms with Crippen molar-refractivity contribution in [1.82, 2.24) is 20.3 Å². The molecule has 2 N–H and O–H groups in total. The van der Waals surface area contributed by atoms with Crippen LogP contribution in [0.25, 0.3) is 0 Å². The smallest absolute Gasteiger partial charge is 0.325 e. The van der Waals surface area contributed by atoms with E-state index >= 15 is 0 Å². The number of hydrogen-bond acceptors (Lipinski definition) is 5. The number of aromatic nitrogens is 3. The lowest BCUT2D eigenvalue weighted by molar-refractivity contribution is -0.138. The Morgan fingerprint density at radius 3 is 2.50 bits per heavy atom. The van der Waals surface area contributed by atoms with Gasteiger partial charge < -0.3 is 15.2 Å². The van der Waals surface area contributed by atoms with Crippen LogP contribution >= 0.6 is 0 Å². The molecule has 2 aromatic rings. The molecule has 0 aliphatic heterocycles. The Bertz CT molecular complexity index is 762. The van der Waals surface area contributed by atoms with Crippen LogP contribution in [0.1, 0.15) is 39.0 Å². The fourth-order valence-corrected chi connectivity index (χ4v) is 2.25. The third kappa shape index (κ3) is 5.58. The molecule has 1 unspecified atom stereocenters. The zero-order valence-corrected chi connectivity index (χ0v) is 15.4. The van der Waals surface area contributed by atoms with Gasteiger partial charge in [-0.25, -0.2) is 4.68 Å². The van der Waals surface area contributed by atoms with Crippen molar-refractivity contribution >= 4 is 11.9 Å². The molecule has 1 aromatic heterocycles. The van der Waals surface area contributed by atoms with E-state index in [0.29, 0.717) is 11.4 Å². The summed E-state index contributed by atoms with van der Waals surface area (Å²) in [6, 6.07) is 7.67. The molecule has 8 heteroatoms. The van der Waals surface area contributed by atoms with Crippen molar-refractivity contribution in [3.8, 4) is 5.75 Å². The van der Waals surface area contributed by atoms with Crippen LogP contribution in [0.3, 0.4) is 0 Å². The fourth-order valence-electron chi connectivity index (χ4n) is 2.25. The van der Waals surface area contributed by atoms with E-state index < -0.39 is 12.1 Å². The Hall–Kier alpha value is -2.90. The van der Waals surface area contributed by atoms with Gasteiger partial charge in [0.2, 0.25) is 0 Å². The molecule has 1 aromatic carbocycles. The van der Waals surface area contributed by atoms with Gasteiger partial charge in [0.1, 0.15) is 18.0 Å². The average Bonchev–Trinajstić information content (AvgIpc) is 2.98. The third-order valence-electron chi connectivity index (χ3n) is 3.73. The number of carboxylic acids is 1. The zero-order valence-electron chi connectivity index (χ0n) is 15.4. The van der Waals surface area contributed by atoms with Crippen LogP contribution in [-0.2, 0) is 28.1 Å². The van der Waals surface area contributed by atoms with Gasteiger partial charge in [0.05, 0.1) is 12.7 Å². The lowest BCUT2D eigenvalue weighted by Gasteiger charge is -2.20. The van der Waals surface area contributed by atoms with Crippen molar-refractivity contribution in [2.45, 2.75) is 52.3 Å². The number of rotatable bonds is 7. The monoisotopic (exact) mass is 360 g/mol. The van der Waals surface area contributed by atoms with E-state index in [2.05, 4.69) is 36.4 Å². The molecule has 8 nitrogen and oxygen atoms in total. The van der Waals surface area contributed by atoms with Gasteiger partial charge in [0.25, 0.3) is 5.91 Å². The van der Waals surface area contributed by atoms with E-state index in [9.17, 15) is 9.59 Å². The lowest BCUT2D eigenvalue weighted by Crippen LogP contribution is -2.36. The first-order valence-corrected chi connectivity index (χ1v) is 8.31. The number of nitrogens with one attached hydrogen (secondary N) is 1. The molecule has 0 saturated heterocycles. The summed E-state index contributed by atoms with van der Waals surface area (Å²) in [5.74, 6) is -0.685. The highest BCUT2D eigenvalue weighted by Gasteiger charge is 2.17. The first-order chi connectivity index (χ1) is 12.1. The minimum Gasteiger partial charge on any atom is -0.481 e. The summed E-state index contributed by atoms with van der Waals surface area (Å²) in [6.45, 7) is 7.93. The molecule has 0 fully saturated rings. The van der Waals surface area contributed by atoms with Gasteiger partial charge in [0.15, 0.2) is 6.10 Å². The number of amides is 1. The third-order valence-corrected chi connectivity index (χ3v) is 3.73. The van der Waals surface area contributed by atoms with Gasteiger partial charge in [0, 0.05) is 0 Å². The highest BCUT2D eigenvalue weighted by atomic mass is 16.5. The van der Waals surface area contributed by atoms with Crippen molar-refractivity contribution in [2.75, 3.05) is 0 Å². The van der Waals surface area contributed by atoms with E-state index in [4.69, 9.17) is 9.84 Å². The van der Waals surface area contributed by atoms with Crippen LogP contribution in [0.5, 0.6) is 5.75 Å². The van der Waals surface area contributed by atoms with E-state index in [1.54, 1.807) is 6.92 Å². The quantitative estimate of drug-likeness (QED) is 0.779. The van der Waals surface area contributed by atoms with E-state index in [0.717, 1.165) is 0 Å². The molecule has 0 aliphatic carbocycles. The minimum atomic E-state index is -1.01. The van der Waals surface area contributed by atoms with Gasteiger partial charge in [-0.15, -0.1) is 5.10 Å². The Kier molecular flexibility index (Phi) is 5.97. The summed E-state index contributed by atoms with van der Waals surface area (Å²) in [4.78, 5) is 22.8. The molecule has 0 spiro atoms. The molecule has 0 radical (unpaired) electrons. The van der Waals surface area contributed by atoms with Crippen molar-refractivity contribution < 1.29 is 19.4 Å². The second-order valence-corrected chi connectivity index (χ2v) is 7.05. The number of carboxylic acid groups (broad SMARTS) is 1. The summed E-state index contributed by atoms with van der Waals surface area (Å²) in [7, 11) is 0. The number of carbonyl (C=O) groups excluding carboxylic acids is 1. The standard InChI is InChI=1S/C18H24N4O4/c1-12(26-15-7-5-13(6-8-15)18(2,3)4)17(25)19-9-14-10-22(21-20-14)11-16(23)24/h5-8,10,12H,9,11H2,1-4H3,(H,19,25)(H,23,24). The molecular weight excluding hydrogens is 336 g/mol. The SMILES string of the molecule is CC(Oc1ccc(C(C)(C)C)cc1)C(=O)NCc1cn(CC(=O)O)nn1. The maximum Gasteiger partial charge on any atom is 0.325 e. The summed E-state index contributed by atoms with van der Waals surface area (Å²) >= 11 is 0. The van der Waals surface area contributed by atoms with Crippen LogP contribution in [0, 0.1) is 0 Å². The maximum atomic E-state index is 12.1. The molecule has 2 rings (SSSR count). The zero-order chi connectivity index (χ0) is 19.3. The van der Waals surface area contributed by atoms with Crippen LogP contribution < -0.4 is 10.1 Å². The number of aliphatic carboxylic acids is 1. The minimum absolute atomic E-state index is 0.0552. The normalized spacial score (nSPS) is 12.5. The highest BCUT2D eigenvalue weighted by molar-refractivity contribution is 5.80. The van der Waals surface area contributed by atoms with Gasteiger partial charge in [-0.05, 0) is 30.0 Å². The molecule has 1 amide bonds. The lowest BCUT2D eigenvalue weighted by atomic mass is 9.87. The first-order valence-electron chi connectivity index (χ1n) is 8.31. The number of carbonyl (C=O) groups is 2. The number of nitrogens with zero attached hydrogens (tertiary/aromatic N) is 3. The van der Waals surface area contributed by atoms with E-state index in [1.165, 1.54) is 16.4 Å². The number of ether oxygens (including phenoxy) is 1. The van der Waals surface area contributed by atoms with Crippen molar-refractivity contribution in [3.05, 3.63) is 41.7 Å². The summed E-state index contributed by atoms with van der Waals surface area (Å²) in [6.07, 6.45) is 0.801. The molecule has 0 aliphatic rings. The number of benzene rings is 1. The maximum absolute atomic E-state index is 12.1. The first kappa shape index (κ1) is 19.4. The fraction of sp³-hybridized carbons (Fsp3) is 0.444. The van der Waals surface area contributed by atoms with Gasteiger partial charge in [-0.2, -0.15) is 0 Å². The average molecular weight is 360 g/mol. The van der Waals surface area contributed by atoms with Crippen LogP contribution in [0.4, 0.5) is 0 Å². The van der Waals surface area contributed by atoms with Crippen molar-refractivity contribution in [1.29, 1.82) is 0 Å². The molecule has 0 bridgehead atoms. The predicted molar refractivity (Wildman–Crippen MR) is 94.7 cm³/mol. The Labute approximate surface area is 152 Å². The predicted octanol–water partition coefficient (Wildman–Crippen LogP) is 1.74. The highest BCUT2D eigenvalue weighted by Crippen LogP contribution is 2.24. The topological polar surface area (TPSA) is 106 Å². The van der Waals surface area contributed by atoms with Gasteiger partial charge >= 0.3 is 5.97 Å². The molecule has 0 saturated carbocycles. The summed E-state index contributed by atoms with van der Waals surface area (Å²) in [5, 5.41) is 18.9. The molecule has 26 heavy (non-hydrogen) atoms.